The Kier molecular flexibility index (Phi) is 4.35. The highest BCUT2D eigenvalue weighted by Crippen LogP contribution is 2.29. The van der Waals surface area contributed by atoms with Crippen LogP contribution in [0.2, 0.25) is 0 Å². The van der Waals surface area contributed by atoms with Crippen molar-refractivity contribution in [1.82, 2.24) is 4.98 Å². The third kappa shape index (κ3) is 2.96. The van der Waals surface area contributed by atoms with Crippen LogP contribution in [0, 0.1) is 11.3 Å². The second-order valence-corrected chi connectivity index (χ2v) is 4.03. The Bertz CT molecular complexity index is 658. The van der Waals surface area contributed by atoms with Gasteiger partial charge in [0.2, 0.25) is 0 Å². The number of hydrogen-bond donors (Lipinski definition) is 0. The molecule has 1 heterocycles. The first-order valence-electron chi connectivity index (χ1n) is 6.02. The van der Waals surface area contributed by atoms with Crippen LogP contribution >= 0.6 is 0 Å². The molecule has 4 heteroatoms. The summed E-state index contributed by atoms with van der Waals surface area (Å²) in [5, 5.41) is 9.27. The molecule has 0 saturated carbocycles. The molecule has 0 bridgehead atoms. The summed E-state index contributed by atoms with van der Waals surface area (Å²) in [6, 6.07) is 11.3. The van der Waals surface area contributed by atoms with Gasteiger partial charge < -0.3 is 9.47 Å². The highest BCUT2D eigenvalue weighted by Gasteiger charge is 2.05. The maximum absolute atomic E-state index is 9.27. The van der Waals surface area contributed by atoms with E-state index < -0.39 is 0 Å². The minimum Gasteiger partial charge on any atom is -0.493 e. The first kappa shape index (κ1) is 13.6. The number of pyridine rings is 1. The highest BCUT2D eigenvalue weighted by atomic mass is 16.5. The van der Waals surface area contributed by atoms with E-state index in [0.717, 1.165) is 11.1 Å². The second-order valence-electron chi connectivity index (χ2n) is 4.03. The average Bonchev–Trinajstić information content (AvgIpc) is 2.53. The van der Waals surface area contributed by atoms with Crippen molar-refractivity contribution in [3.63, 3.8) is 0 Å². The molecule has 0 N–H and O–H groups in total. The molecule has 0 fully saturated rings. The van der Waals surface area contributed by atoms with Gasteiger partial charge in [0.25, 0.3) is 0 Å². The van der Waals surface area contributed by atoms with Crippen molar-refractivity contribution in [3.05, 3.63) is 53.9 Å². The normalized spacial score (nSPS) is 10.8. The van der Waals surface area contributed by atoms with Crippen LogP contribution in [-0.2, 0) is 0 Å². The molecular formula is C16H14N2O2. The van der Waals surface area contributed by atoms with Gasteiger partial charge >= 0.3 is 0 Å². The van der Waals surface area contributed by atoms with Crippen molar-refractivity contribution in [2.75, 3.05) is 14.2 Å². The van der Waals surface area contributed by atoms with Crippen LogP contribution in [0.5, 0.6) is 11.5 Å². The number of methoxy groups -OCH3 is 2. The topological polar surface area (TPSA) is 55.1 Å². The molecule has 0 radical (unpaired) electrons. The van der Waals surface area contributed by atoms with Gasteiger partial charge in [-0.1, -0.05) is 12.1 Å². The predicted molar refractivity (Wildman–Crippen MR) is 77.3 cm³/mol. The number of aromatic nitrogens is 1. The van der Waals surface area contributed by atoms with Crippen LogP contribution in [0.25, 0.3) is 11.6 Å². The van der Waals surface area contributed by atoms with E-state index in [-0.39, 0.29) is 0 Å². The van der Waals surface area contributed by atoms with Crippen LogP contribution in [0.15, 0.2) is 42.7 Å². The SMILES string of the molecule is COc1ccc(C=C(C#N)c2cccnc2)cc1OC. The van der Waals surface area contributed by atoms with Crippen LogP contribution in [-0.4, -0.2) is 19.2 Å². The van der Waals surface area contributed by atoms with Crippen molar-refractivity contribution < 1.29 is 9.47 Å². The van der Waals surface area contributed by atoms with Gasteiger partial charge in [0, 0.05) is 18.0 Å². The fourth-order valence-electron chi connectivity index (χ4n) is 1.81. The molecule has 0 spiro atoms. The molecular weight excluding hydrogens is 252 g/mol. The molecule has 0 aliphatic rings. The lowest BCUT2D eigenvalue weighted by atomic mass is 10.1. The summed E-state index contributed by atoms with van der Waals surface area (Å²) in [6.45, 7) is 0. The fourth-order valence-corrected chi connectivity index (χ4v) is 1.81. The lowest BCUT2D eigenvalue weighted by Gasteiger charge is -2.08. The van der Waals surface area contributed by atoms with Crippen molar-refractivity contribution in [2.45, 2.75) is 0 Å². The van der Waals surface area contributed by atoms with Gasteiger partial charge in [0.15, 0.2) is 11.5 Å². The van der Waals surface area contributed by atoms with E-state index in [1.165, 1.54) is 0 Å². The lowest BCUT2D eigenvalue weighted by Crippen LogP contribution is -1.91. The molecule has 0 amide bonds. The highest BCUT2D eigenvalue weighted by molar-refractivity contribution is 5.89. The zero-order chi connectivity index (χ0) is 14.4. The van der Waals surface area contributed by atoms with Gasteiger partial charge in [-0.25, -0.2) is 0 Å². The molecule has 100 valence electrons. The number of rotatable bonds is 4. The minimum atomic E-state index is 0.547. The van der Waals surface area contributed by atoms with Gasteiger partial charge in [-0.15, -0.1) is 0 Å². The Hall–Kier alpha value is -2.80. The quantitative estimate of drug-likeness (QED) is 0.798. The summed E-state index contributed by atoms with van der Waals surface area (Å²) in [5.74, 6) is 1.29. The van der Waals surface area contributed by atoms with E-state index >= 15 is 0 Å². The summed E-state index contributed by atoms with van der Waals surface area (Å²) < 4.78 is 10.4. The Labute approximate surface area is 117 Å². The van der Waals surface area contributed by atoms with Crippen molar-refractivity contribution in [3.8, 4) is 17.6 Å². The zero-order valence-corrected chi connectivity index (χ0v) is 11.3. The van der Waals surface area contributed by atoms with Crippen molar-refractivity contribution >= 4 is 11.6 Å². The van der Waals surface area contributed by atoms with Crippen LogP contribution in [0.1, 0.15) is 11.1 Å². The van der Waals surface area contributed by atoms with Gasteiger partial charge in [-0.2, -0.15) is 5.26 Å². The molecule has 2 rings (SSSR count). The van der Waals surface area contributed by atoms with Crippen LogP contribution in [0.3, 0.4) is 0 Å². The number of benzene rings is 1. The Morgan fingerprint density at radius 2 is 2.00 bits per heavy atom. The molecule has 1 aromatic carbocycles. The fraction of sp³-hybridized carbons (Fsp3) is 0.125. The first-order chi connectivity index (χ1) is 9.78. The van der Waals surface area contributed by atoms with Gasteiger partial charge in [0.1, 0.15) is 0 Å². The Balaban J connectivity index is 2.41. The molecule has 0 unspecified atom stereocenters. The minimum absolute atomic E-state index is 0.547. The second kappa shape index (κ2) is 6.39. The molecule has 4 nitrogen and oxygen atoms in total. The first-order valence-corrected chi connectivity index (χ1v) is 6.02. The van der Waals surface area contributed by atoms with E-state index in [0.29, 0.717) is 17.1 Å². The maximum Gasteiger partial charge on any atom is 0.161 e. The summed E-state index contributed by atoms with van der Waals surface area (Å²) in [7, 11) is 3.17. The summed E-state index contributed by atoms with van der Waals surface area (Å²) >= 11 is 0. The van der Waals surface area contributed by atoms with Crippen LogP contribution in [0.4, 0.5) is 0 Å². The Morgan fingerprint density at radius 1 is 1.20 bits per heavy atom. The molecule has 20 heavy (non-hydrogen) atoms. The standard InChI is InChI=1S/C16H14N2O2/c1-19-15-6-5-12(9-16(15)20-2)8-14(10-17)13-4-3-7-18-11-13/h3-9,11H,1-2H3. The maximum atomic E-state index is 9.27. The number of hydrogen-bond acceptors (Lipinski definition) is 4. The smallest absolute Gasteiger partial charge is 0.161 e. The van der Waals surface area contributed by atoms with E-state index in [4.69, 9.17) is 9.47 Å². The lowest BCUT2D eigenvalue weighted by molar-refractivity contribution is 0.355. The monoisotopic (exact) mass is 266 g/mol. The number of nitrogens with zero attached hydrogens (tertiary/aromatic N) is 2. The van der Waals surface area contributed by atoms with Crippen LogP contribution < -0.4 is 9.47 Å². The average molecular weight is 266 g/mol. The third-order valence-corrected chi connectivity index (χ3v) is 2.81. The predicted octanol–water partition coefficient (Wildman–Crippen LogP) is 3.16. The molecule has 0 atom stereocenters. The molecule has 0 saturated heterocycles. The van der Waals surface area contributed by atoms with E-state index in [1.54, 1.807) is 38.8 Å². The third-order valence-electron chi connectivity index (χ3n) is 2.81. The van der Waals surface area contributed by atoms with Crippen molar-refractivity contribution in [1.29, 1.82) is 5.26 Å². The number of allylic oxidation sites excluding steroid dienone is 1. The van der Waals surface area contributed by atoms with Gasteiger partial charge in [-0.05, 0) is 29.8 Å². The summed E-state index contributed by atoms with van der Waals surface area (Å²) in [5.41, 5.74) is 2.19. The zero-order valence-electron chi connectivity index (χ0n) is 11.3. The molecule has 0 aliphatic heterocycles. The molecule has 2 aromatic rings. The Morgan fingerprint density at radius 3 is 2.60 bits per heavy atom. The van der Waals surface area contributed by atoms with E-state index in [9.17, 15) is 5.26 Å². The van der Waals surface area contributed by atoms with Gasteiger partial charge in [0.05, 0.1) is 25.9 Å². The number of ether oxygens (including phenoxy) is 2. The van der Waals surface area contributed by atoms with Crippen molar-refractivity contribution in [2.24, 2.45) is 0 Å². The largest absolute Gasteiger partial charge is 0.493 e. The summed E-state index contributed by atoms with van der Waals surface area (Å²) in [6.07, 6.45) is 5.13. The van der Waals surface area contributed by atoms with E-state index in [2.05, 4.69) is 11.1 Å². The van der Waals surface area contributed by atoms with Gasteiger partial charge in [-0.3, -0.25) is 4.98 Å². The van der Waals surface area contributed by atoms with E-state index in [1.807, 2.05) is 24.3 Å². The molecule has 0 aliphatic carbocycles. The number of nitriles is 1. The summed E-state index contributed by atoms with van der Waals surface area (Å²) in [4.78, 5) is 4.02. The molecule has 1 aromatic heterocycles.